The van der Waals surface area contributed by atoms with Crippen molar-refractivity contribution in [1.29, 1.82) is 5.26 Å². The van der Waals surface area contributed by atoms with Crippen LogP contribution in [-0.2, 0) is 4.79 Å². The van der Waals surface area contributed by atoms with Gasteiger partial charge in [0.1, 0.15) is 28.6 Å². The summed E-state index contributed by atoms with van der Waals surface area (Å²) in [6.45, 7) is 3.84. The molecule has 0 aliphatic carbocycles. The molecule has 0 fully saturated rings. The highest BCUT2D eigenvalue weighted by Gasteiger charge is 2.18. The Morgan fingerprint density at radius 2 is 1.88 bits per heavy atom. The summed E-state index contributed by atoms with van der Waals surface area (Å²) in [5, 5.41) is 12.8. The second-order valence-electron chi connectivity index (χ2n) is 7.50. The molecule has 0 bridgehead atoms. The van der Waals surface area contributed by atoms with Gasteiger partial charge in [-0.15, -0.1) is 0 Å². The molecule has 2 aromatic carbocycles. The summed E-state index contributed by atoms with van der Waals surface area (Å²) in [5.74, 6) is -0.164. The number of pyridine rings is 1. The maximum absolute atomic E-state index is 13.3. The van der Waals surface area contributed by atoms with E-state index in [1.54, 1.807) is 54.7 Å². The Kier molecular flexibility index (Phi) is 6.44. The number of halogens is 1. The van der Waals surface area contributed by atoms with Crippen LogP contribution in [0.25, 0.3) is 11.7 Å². The summed E-state index contributed by atoms with van der Waals surface area (Å²) in [6.07, 6.45) is 2.75. The summed E-state index contributed by atoms with van der Waals surface area (Å²) in [6, 6.07) is 19.0. The molecule has 1 N–H and O–H groups in total. The number of amides is 1. The van der Waals surface area contributed by atoms with Crippen molar-refractivity contribution >= 4 is 34.9 Å². The van der Waals surface area contributed by atoms with Crippen LogP contribution in [0.5, 0.6) is 11.6 Å². The molecule has 4 aromatic rings. The highest BCUT2D eigenvalue weighted by Crippen LogP contribution is 2.28. The van der Waals surface area contributed by atoms with E-state index < -0.39 is 11.5 Å². The van der Waals surface area contributed by atoms with Gasteiger partial charge in [0.25, 0.3) is 11.5 Å². The Bertz CT molecular complexity index is 1530. The standard InChI is InChI=1S/C26H19ClN4O3/c1-16-6-5-7-22(17(16)2)34-25-21(26(33)31-13-4-3-8-23(31)30-25)14-18(15-28)24(32)29-20-11-9-19(27)10-12-20/h3-14H,1-2H3,(H,29,32)/b18-14-. The minimum absolute atomic E-state index is 0.00283. The van der Waals surface area contributed by atoms with Crippen LogP contribution in [0.4, 0.5) is 5.69 Å². The maximum Gasteiger partial charge on any atom is 0.269 e. The molecule has 34 heavy (non-hydrogen) atoms. The molecule has 0 aliphatic heterocycles. The number of aromatic nitrogens is 2. The number of rotatable bonds is 5. The van der Waals surface area contributed by atoms with E-state index in [0.29, 0.717) is 22.1 Å². The maximum atomic E-state index is 13.3. The molecule has 7 nitrogen and oxygen atoms in total. The van der Waals surface area contributed by atoms with E-state index in [9.17, 15) is 14.9 Å². The normalized spacial score (nSPS) is 11.2. The largest absolute Gasteiger partial charge is 0.438 e. The van der Waals surface area contributed by atoms with Gasteiger partial charge in [-0.25, -0.2) is 0 Å². The van der Waals surface area contributed by atoms with Crippen molar-refractivity contribution in [1.82, 2.24) is 9.38 Å². The van der Waals surface area contributed by atoms with Gasteiger partial charge < -0.3 is 10.1 Å². The van der Waals surface area contributed by atoms with E-state index in [2.05, 4.69) is 10.3 Å². The number of nitrogens with one attached hydrogen (secondary N) is 1. The molecule has 0 unspecified atom stereocenters. The predicted octanol–water partition coefficient (Wildman–Crippen LogP) is 5.30. The lowest BCUT2D eigenvalue weighted by atomic mass is 10.1. The average Bonchev–Trinajstić information content (AvgIpc) is 2.83. The fourth-order valence-corrected chi connectivity index (χ4v) is 3.37. The smallest absolute Gasteiger partial charge is 0.269 e. The SMILES string of the molecule is Cc1cccc(Oc2nc3ccccn3c(=O)c2/C=C(/C#N)C(=O)Nc2ccc(Cl)cc2)c1C. The molecular formula is C26H19ClN4O3. The molecule has 0 atom stereocenters. The van der Waals surface area contributed by atoms with Gasteiger partial charge in [0.2, 0.25) is 5.88 Å². The van der Waals surface area contributed by atoms with Crippen molar-refractivity contribution in [2.75, 3.05) is 5.32 Å². The minimum Gasteiger partial charge on any atom is -0.438 e. The Hall–Kier alpha value is -4.41. The summed E-state index contributed by atoms with van der Waals surface area (Å²) in [5.41, 5.74) is 1.94. The van der Waals surface area contributed by atoms with Gasteiger partial charge >= 0.3 is 0 Å². The van der Waals surface area contributed by atoms with Gasteiger partial charge in [-0.2, -0.15) is 10.2 Å². The van der Waals surface area contributed by atoms with Crippen molar-refractivity contribution in [3.8, 4) is 17.7 Å². The zero-order valence-corrected chi connectivity index (χ0v) is 19.1. The minimum atomic E-state index is -0.680. The van der Waals surface area contributed by atoms with Crippen LogP contribution < -0.4 is 15.6 Å². The van der Waals surface area contributed by atoms with E-state index in [-0.39, 0.29) is 17.0 Å². The second-order valence-corrected chi connectivity index (χ2v) is 7.93. The van der Waals surface area contributed by atoms with Crippen molar-refractivity contribution < 1.29 is 9.53 Å². The Morgan fingerprint density at radius 3 is 2.62 bits per heavy atom. The van der Waals surface area contributed by atoms with Gasteiger partial charge in [-0.05, 0) is 73.5 Å². The lowest BCUT2D eigenvalue weighted by molar-refractivity contribution is -0.112. The van der Waals surface area contributed by atoms with Crippen LogP contribution in [0.3, 0.4) is 0 Å². The molecule has 168 valence electrons. The van der Waals surface area contributed by atoms with E-state index in [0.717, 1.165) is 11.1 Å². The summed E-state index contributed by atoms with van der Waals surface area (Å²) in [4.78, 5) is 30.6. The summed E-state index contributed by atoms with van der Waals surface area (Å²) in [7, 11) is 0. The quantitative estimate of drug-likeness (QED) is 0.315. The van der Waals surface area contributed by atoms with Crippen molar-refractivity contribution in [2.45, 2.75) is 13.8 Å². The lowest BCUT2D eigenvalue weighted by Crippen LogP contribution is -2.20. The molecule has 0 aliphatic rings. The molecule has 0 spiro atoms. The number of anilines is 1. The third-order valence-electron chi connectivity index (χ3n) is 5.25. The van der Waals surface area contributed by atoms with Gasteiger partial charge in [0, 0.05) is 16.9 Å². The van der Waals surface area contributed by atoms with Crippen LogP contribution in [0.1, 0.15) is 16.7 Å². The van der Waals surface area contributed by atoms with E-state index in [1.165, 1.54) is 10.5 Å². The predicted molar refractivity (Wildman–Crippen MR) is 131 cm³/mol. The molecule has 0 saturated carbocycles. The van der Waals surface area contributed by atoms with Gasteiger partial charge in [0.05, 0.1) is 0 Å². The topological polar surface area (TPSA) is 96.5 Å². The van der Waals surface area contributed by atoms with Crippen molar-refractivity contribution in [3.05, 3.63) is 105 Å². The van der Waals surface area contributed by atoms with Crippen LogP contribution in [-0.4, -0.2) is 15.3 Å². The number of nitriles is 1. The molecular weight excluding hydrogens is 452 g/mol. The molecule has 4 rings (SSSR count). The molecule has 1 amide bonds. The third kappa shape index (κ3) is 4.68. The van der Waals surface area contributed by atoms with Crippen LogP contribution in [0, 0.1) is 25.2 Å². The lowest BCUT2D eigenvalue weighted by Gasteiger charge is -2.13. The highest BCUT2D eigenvalue weighted by molar-refractivity contribution is 6.30. The van der Waals surface area contributed by atoms with Crippen molar-refractivity contribution in [2.24, 2.45) is 0 Å². The first-order valence-corrected chi connectivity index (χ1v) is 10.7. The first kappa shape index (κ1) is 22.8. The zero-order valence-electron chi connectivity index (χ0n) is 18.4. The number of nitrogens with zero attached hydrogens (tertiary/aromatic N) is 3. The molecule has 2 aromatic heterocycles. The number of hydrogen-bond donors (Lipinski definition) is 1. The number of carbonyl (C=O) groups is 1. The molecule has 0 saturated heterocycles. The van der Waals surface area contributed by atoms with Crippen LogP contribution >= 0.6 is 11.6 Å². The fraction of sp³-hybridized carbons (Fsp3) is 0.0769. The van der Waals surface area contributed by atoms with Gasteiger partial charge in [-0.3, -0.25) is 14.0 Å². The molecule has 8 heteroatoms. The van der Waals surface area contributed by atoms with Gasteiger partial charge in [-0.1, -0.05) is 29.8 Å². The van der Waals surface area contributed by atoms with E-state index >= 15 is 0 Å². The third-order valence-corrected chi connectivity index (χ3v) is 5.50. The number of carbonyl (C=O) groups excluding carboxylic acids is 1. The number of hydrogen-bond acceptors (Lipinski definition) is 5. The fourth-order valence-electron chi connectivity index (χ4n) is 3.25. The number of benzene rings is 2. The van der Waals surface area contributed by atoms with Crippen LogP contribution in [0.2, 0.25) is 5.02 Å². The molecule has 2 heterocycles. The molecule has 0 radical (unpaired) electrons. The first-order chi connectivity index (χ1) is 16.4. The Labute approximate surface area is 200 Å². The van der Waals surface area contributed by atoms with E-state index in [4.69, 9.17) is 16.3 Å². The Balaban J connectivity index is 1.82. The van der Waals surface area contributed by atoms with E-state index in [1.807, 2.05) is 32.0 Å². The first-order valence-electron chi connectivity index (χ1n) is 10.3. The Morgan fingerprint density at radius 1 is 1.12 bits per heavy atom. The second kappa shape index (κ2) is 9.61. The number of ether oxygens (including phenoxy) is 1. The van der Waals surface area contributed by atoms with Crippen molar-refractivity contribution in [3.63, 3.8) is 0 Å². The summed E-state index contributed by atoms with van der Waals surface area (Å²) >= 11 is 5.88. The number of aryl methyl sites for hydroxylation is 1. The zero-order chi connectivity index (χ0) is 24.2. The highest BCUT2D eigenvalue weighted by atomic mass is 35.5. The summed E-state index contributed by atoms with van der Waals surface area (Å²) < 4.78 is 7.37. The number of fused-ring (bicyclic) bond motifs is 1. The average molecular weight is 471 g/mol. The van der Waals surface area contributed by atoms with Crippen LogP contribution in [0.15, 0.2) is 77.2 Å². The monoisotopic (exact) mass is 470 g/mol. The van der Waals surface area contributed by atoms with Gasteiger partial charge in [0.15, 0.2) is 0 Å².